The standard InChI is InChI=1S/C12H10N4O2/c1-2-18-12(17)11-14-10-9(15-16-11)7-5-3-4-6-8(7)13-10/h3-6H,2H2,1H3,(H,13,14,16). The summed E-state index contributed by atoms with van der Waals surface area (Å²) < 4.78 is 4.83. The first kappa shape index (κ1) is 10.6. The minimum Gasteiger partial charge on any atom is -0.460 e. The highest BCUT2D eigenvalue weighted by molar-refractivity contribution is 6.03. The summed E-state index contributed by atoms with van der Waals surface area (Å²) in [4.78, 5) is 18.7. The fourth-order valence-corrected chi connectivity index (χ4v) is 1.80. The van der Waals surface area contributed by atoms with E-state index in [9.17, 15) is 4.79 Å². The molecule has 0 unspecified atom stereocenters. The van der Waals surface area contributed by atoms with Crippen molar-refractivity contribution in [3.8, 4) is 0 Å². The molecule has 0 aliphatic heterocycles. The first-order valence-electron chi connectivity index (χ1n) is 5.58. The molecule has 2 aromatic heterocycles. The zero-order chi connectivity index (χ0) is 12.5. The fraction of sp³-hybridized carbons (Fsp3) is 0.167. The molecule has 0 aliphatic rings. The largest absolute Gasteiger partial charge is 0.460 e. The summed E-state index contributed by atoms with van der Waals surface area (Å²) in [5, 5.41) is 8.75. The molecular formula is C12H10N4O2. The number of nitrogens with one attached hydrogen (secondary N) is 1. The third kappa shape index (κ3) is 1.58. The van der Waals surface area contributed by atoms with Crippen LogP contribution in [0.15, 0.2) is 24.3 Å². The van der Waals surface area contributed by atoms with Gasteiger partial charge in [-0.2, -0.15) is 0 Å². The second-order valence-electron chi connectivity index (χ2n) is 3.72. The smallest absolute Gasteiger partial charge is 0.378 e. The number of fused-ring (bicyclic) bond motifs is 3. The SMILES string of the molecule is CCOC(=O)c1nnc2c(n1)[nH]c1ccccc12. The molecular weight excluding hydrogens is 232 g/mol. The molecule has 18 heavy (non-hydrogen) atoms. The van der Waals surface area contributed by atoms with Crippen LogP contribution < -0.4 is 0 Å². The Morgan fingerprint density at radius 2 is 2.17 bits per heavy atom. The molecule has 0 bridgehead atoms. The molecule has 0 radical (unpaired) electrons. The Labute approximate surface area is 102 Å². The number of aromatic nitrogens is 4. The van der Waals surface area contributed by atoms with Gasteiger partial charge in [0.25, 0.3) is 5.82 Å². The number of hydrogen-bond acceptors (Lipinski definition) is 5. The van der Waals surface area contributed by atoms with Crippen LogP contribution in [0.5, 0.6) is 0 Å². The molecule has 6 nitrogen and oxygen atoms in total. The topological polar surface area (TPSA) is 80.8 Å². The highest BCUT2D eigenvalue weighted by Gasteiger charge is 2.14. The van der Waals surface area contributed by atoms with Crippen LogP contribution in [-0.4, -0.2) is 32.7 Å². The van der Waals surface area contributed by atoms with Gasteiger partial charge in [-0.1, -0.05) is 18.2 Å². The quantitative estimate of drug-likeness (QED) is 0.691. The number of rotatable bonds is 2. The Kier molecular flexibility index (Phi) is 2.40. The molecule has 3 aromatic rings. The first-order valence-corrected chi connectivity index (χ1v) is 5.58. The Balaban J connectivity index is 2.18. The van der Waals surface area contributed by atoms with Crippen molar-refractivity contribution in [2.75, 3.05) is 6.61 Å². The van der Waals surface area contributed by atoms with Gasteiger partial charge in [0.1, 0.15) is 5.52 Å². The summed E-state index contributed by atoms with van der Waals surface area (Å²) in [6, 6.07) is 7.67. The molecule has 0 fully saturated rings. The number of esters is 1. The van der Waals surface area contributed by atoms with Gasteiger partial charge in [-0.3, -0.25) is 0 Å². The summed E-state index contributed by atoms with van der Waals surface area (Å²) in [6.45, 7) is 2.01. The van der Waals surface area contributed by atoms with Crippen LogP contribution in [0.25, 0.3) is 22.1 Å². The van der Waals surface area contributed by atoms with Crippen molar-refractivity contribution in [2.24, 2.45) is 0 Å². The molecule has 1 aromatic carbocycles. The van der Waals surface area contributed by atoms with E-state index >= 15 is 0 Å². The van der Waals surface area contributed by atoms with E-state index in [-0.39, 0.29) is 12.4 Å². The van der Waals surface area contributed by atoms with Crippen LogP contribution in [0.3, 0.4) is 0 Å². The molecule has 1 N–H and O–H groups in total. The number of hydrogen-bond donors (Lipinski definition) is 1. The van der Waals surface area contributed by atoms with Crippen molar-refractivity contribution < 1.29 is 9.53 Å². The van der Waals surface area contributed by atoms with Gasteiger partial charge >= 0.3 is 5.97 Å². The van der Waals surface area contributed by atoms with Crippen LogP contribution >= 0.6 is 0 Å². The first-order chi connectivity index (χ1) is 8.79. The molecule has 0 aliphatic carbocycles. The third-order valence-electron chi connectivity index (χ3n) is 2.58. The monoisotopic (exact) mass is 242 g/mol. The normalized spacial score (nSPS) is 10.9. The molecule has 6 heteroatoms. The molecule has 0 spiro atoms. The van der Waals surface area contributed by atoms with E-state index in [1.165, 1.54) is 0 Å². The van der Waals surface area contributed by atoms with Gasteiger partial charge < -0.3 is 9.72 Å². The highest BCUT2D eigenvalue weighted by Crippen LogP contribution is 2.21. The van der Waals surface area contributed by atoms with Crippen molar-refractivity contribution in [2.45, 2.75) is 6.92 Å². The number of ether oxygens (including phenoxy) is 1. The Morgan fingerprint density at radius 3 is 3.00 bits per heavy atom. The number of benzene rings is 1. The Bertz CT molecular complexity index is 735. The fourth-order valence-electron chi connectivity index (χ4n) is 1.80. The molecule has 2 heterocycles. The summed E-state index contributed by atoms with van der Waals surface area (Å²) in [5.74, 6) is -0.596. The average molecular weight is 242 g/mol. The van der Waals surface area contributed by atoms with Crippen molar-refractivity contribution >= 4 is 28.0 Å². The van der Waals surface area contributed by atoms with Crippen LogP contribution in [0, 0.1) is 0 Å². The molecule has 0 amide bonds. The summed E-state index contributed by atoms with van der Waals surface area (Å²) in [5.41, 5.74) is 2.10. The lowest BCUT2D eigenvalue weighted by Crippen LogP contribution is -2.10. The minimum atomic E-state index is -0.564. The maximum Gasteiger partial charge on any atom is 0.378 e. The van der Waals surface area contributed by atoms with E-state index < -0.39 is 5.97 Å². The van der Waals surface area contributed by atoms with Gasteiger partial charge in [0, 0.05) is 10.9 Å². The molecule has 0 saturated heterocycles. The molecule has 0 saturated carbocycles. The van der Waals surface area contributed by atoms with Crippen LogP contribution in [0.2, 0.25) is 0 Å². The Hall–Kier alpha value is -2.50. The van der Waals surface area contributed by atoms with E-state index in [1.807, 2.05) is 24.3 Å². The molecule has 3 rings (SSSR count). The van der Waals surface area contributed by atoms with E-state index in [0.717, 1.165) is 10.9 Å². The average Bonchev–Trinajstić information content (AvgIpc) is 2.76. The Morgan fingerprint density at radius 1 is 1.33 bits per heavy atom. The summed E-state index contributed by atoms with van der Waals surface area (Å²) >= 11 is 0. The highest BCUT2D eigenvalue weighted by atomic mass is 16.5. The number of carbonyl (C=O) groups is 1. The lowest BCUT2D eigenvalue weighted by atomic mass is 10.2. The van der Waals surface area contributed by atoms with Gasteiger partial charge in [-0.15, -0.1) is 10.2 Å². The zero-order valence-corrected chi connectivity index (χ0v) is 9.67. The molecule has 0 atom stereocenters. The number of aromatic amines is 1. The summed E-state index contributed by atoms with van der Waals surface area (Å²) in [6.07, 6.45) is 0. The predicted molar refractivity (Wildman–Crippen MR) is 65.1 cm³/mol. The van der Waals surface area contributed by atoms with Gasteiger partial charge in [0.2, 0.25) is 0 Å². The third-order valence-corrected chi connectivity index (χ3v) is 2.58. The van der Waals surface area contributed by atoms with E-state index in [4.69, 9.17) is 4.74 Å². The summed E-state index contributed by atoms with van der Waals surface area (Å²) in [7, 11) is 0. The number of H-pyrrole nitrogens is 1. The van der Waals surface area contributed by atoms with E-state index in [0.29, 0.717) is 11.2 Å². The van der Waals surface area contributed by atoms with Crippen LogP contribution in [-0.2, 0) is 4.74 Å². The lowest BCUT2D eigenvalue weighted by Gasteiger charge is -1.98. The van der Waals surface area contributed by atoms with Crippen molar-refractivity contribution in [1.29, 1.82) is 0 Å². The maximum atomic E-state index is 11.5. The van der Waals surface area contributed by atoms with Crippen molar-refractivity contribution in [3.63, 3.8) is 0 Å². The van der Waals surface area contributed by atoms with Gasteiger partial charge in [0.15, 0.2) is 5.65 Å². The van der Waals surface area contributed by atoms with Crippen molar-refractivity contribution in [3.05, 3.63) is 30.1 Å². The molecule has 90 valence electrons. The lowest BCUT2D eigenvalue weighted by molar-refractivity contribution is 0.0511. The number of carbonyl (C=O) groups excluding carboxylic acids is 1. The number of nitrogens with zero attached hydrogens (tertiary/aromatic N) is 3. The second kappa shape index (κ2) is 4.06. The predicted octanol–water partition coefficient (Wildman–Crippen LogP) is 1.68. The van der Waals surface area contributed by atoms with Crippen LogP contribution in [0.4, 0.5) is 0 Å². The van der Waals surface area contributed by atoms with Crippen LogP contribution in [0.1, 0.15) is 17.5 Å². The van der Waals surface area contributed by atoms with E-state index in [2.05, 4.69) is 20.2 Å². The van der Waals surface area contributed by atoms with Gasteiger partial charge in [-0.05, 0) is 13.0 Å². The van der Waals surface area contributed by atoms with E-state index in [1.54, 1.807) is 6.92 Å². The second-order valence-corrected chi connectivity index (χ2v) is 3.72. The van der Waals surface area contributed by atoms with Gasteiger partial charge in [0.05, 0.1) is 6.61 Å². The minimum absolute atomic E-state index is 0.0316. The van der Waals surface area contributed by atoms with Gasteiger partial charge in [-0.25, -0.2) is 9.78 Å². The number of para-hydroxylation sites is 1. The van der Waals surface area contributed by atoms with Crippen molar-refractivity contribution in [1.82, 2.24) is 20.2 Å². The zero-order valence-electron chi connectivity index (χ0n) is 9.67. The maximum absolute atomic E-state index is 11.5.